The van der Waals surface area contributed by atoms with E-state index in [2.05, 4.69) is 49.9 Å². The van der Waals surface area contributed by atoms with Crippen molar-refractivity contribution in [1.29, 1.82) is 5.26 Å². The Bertz CT molecular complexity index is 1410. The lowest BCUT2D eigenvalue weighted by molar-refractivity contribution is 0.166. The Kier molecular flexibility index (Phi) is 7.77. The lowest BCUT2D eigenvalue weighted by atomic mass is 9.90. The predicted octanol–water partition coefficient (Wildman–Crippen LogP) is 5.03. The van der Waals surface area contributed by atoms with Gasteiger partial charge in [0.2, 0.25) is 5.95 Å². The van der Waals surface area contributed by atoms with Crippen LogP contribution in [0.15, 0.2) is 36.5 Å². The summed E-state index contributed by atoms with van der Waals surface area (Å²) in [6.45, 7) is 0. The first-order chi connectivity index (χ1) is 20.0. The number of carbonyl (C=O) groups is 1. The maximum Gasteiger partial charge on any atom is 0.317 e. The van der Waals surface area contributed by atoms with E-state index in [-0.39, 0.29) is 18.1 Å². The fourth-order valence-corrected chi connectivity index (χ4v) is 6.79. The van der Waals surface area contributed by atoms with Gasteiger partial charge in [0.25, 0.3) is 0 Å². The molecule has 0 spiro atoms. The van der Waals surface area contributed by atoms with E-state index in [9.17, 15) is 10.1 Å². The maximum atomic E-state index is 13.1. The Hall–Kier alpha value is -4.13. The third-order valence-corrected chi connectivity index (χ3v) is 9.28. The number of urea groups is 1. The molecule has 10 nitrogen and oxygen atoms in total. The average molecular weight is 554 g/mol. The molecule has 2 heterocycles. The Balaban J connectivity index is 0.992. The summed E-state index contributed by atoms with van der Waals surface area (Å²) in [4.78, 5) is 26.5. The number of H-pyrrole nitrogens is 1. The SMILES string of the molecule is CN(C(=O)NC1Cc2ccc(C#N)cc2C1)[C@H]1CC[C@H](N(C)c2nccc(Nc3cc(C4CCCC4)[nH]n3)n2)CC1. The summed E-state index contributed by atoms with van der Waals surface area (Å²) in [6.07, 6.45) is 12.2. The lowest BCUT2D eigenvalue weighted by Gasteiger charge is -2.38. The first-order valence-electron chi connectivity index (χ1n) is 14.9. The third-order valence-electron chi connectivity index (χ3n) is 9.28. The second-order valence-electron chi connectivity index (χ2n) is 11.9. The third kappa shape index (κ3) is 5.99. The Morgan fingerprint density at radius 2 is 1.73 bits per heavy atom. The molecular weight excluding hydrogens is 514 g/mol. The van der Waals surface area contributed by atoms with Crippen molar-refractivity contribution in [1.82, 2.24) is 30.4 Å². The largest absolute Gasteiger partial charge is 0.341 e. The lowest BCUT2D eigenvalue weighted by Crippen LogP contribution is -2.50. The van der Waals surface area contributed by atoms with Crippen LogP contribution in [0.4, 0.5) is 22.4 Å². The number of benzene rings is 1. The molecule has 2 aromatic heterocycles. The molecular formula is C31H39N9O. The molecule has 10 heteroatoms. The molecule has 2 amide bonds. The summed E-state index contributed by atoms with van der Waals surface area (Å²) < 4.78 is 0. The maximum absolute atomic E-state index is 13.1. The Labute approximate surface area is 241 Å². The zero-order valence-corrected chi connectivity index (χ0v) is 23.9. The molecule has 3 aliphatic carbocycles. The van der Waals surface area contributed by atoms with Crippen molar-refractivity contribution in [2.75, 3.05) is 24.3 Å². The zero-order chi connectivity index (χ0) is 28.3. The molecule has 214 valence electrons. The highest BCUT2D eigenvalue weighted by molar-refractivity contribution is 5.75. The number of nitriles is 1. The molecule has 2 fully saturated rings. The van der Waals surface area contributed by atoms with Crippen LogP contribution in [-0.4, -0.2) is 63.3 Å². The van der Waals surface area contributed by atoms with Gasteiger partial charge < -0.3 is 20.4 Å². The Morgan fingerprint density at radius 3 is 2.51 bits per heavy atom. The van der Waals surface area contributed by atoms with Crippen LogP contribution in [0.1, 0.15) is 79.7 Å². The second kappa shape index (κ2) is 11.8. The molecule has 2 saturated carbocycles. The minimum atomic E-state index is -0.0170. The Morgan fingerprint density at radius 1 is 0.976 bits per heavy atom. The molecule has 1 unspecified atom stereocenters. The molecule has 0 saturated heterocycles. The van der Waals surface area contributed by atoms with Crippen LogP contribution in [0.3, 0.4) is 0 Å². The normalized spacial score (nSPS) is 22.1. The van der Waals surface area contributed by atoms with Crippen LogP contribution >= 0.6 is 0 Å². The molecule has 6 rings (SSSR count). The number of aromatic amines is 1. The summed E-state index contributed by atoms with van der Waals surface area (Å²) in [6, 6.07) is 12.6. The second-order valence-corrected chi connectivity index (χ2v) is 11.9. The van der Waals surface area contributed by atoms with Crippen molar-refractivity contribution in [2.24, 2.45) is 0 Å². The van der Waals surface area contributed by atoms with Gasteiger partial charge in [-0.15, -0.1) is 0 Å². The average Bonchev–Trinajstić information content (AvgIpc) is 3.77. The van der Waals surface area contributed by atoms with Crippen molar-refractivity contribution in [3.8, 4) is 6.07 Å². The summed E-state index contributed by atoms with van der Waals surface area (Å²) in [7, 11) is 3.97. The number of carbonyl (C=O) groups excluding carboxylic acids is 1. The van der Waals surface area contributed by atoms with Crippen molar-refractivity contribution < 1.29 is 4.79 Å². The number of hydrogen-bond acceptors (Lipinski definition) is 7. The van der Waals surface area contributed by atoms with E-state index in [1.807, 2.05) is 36.2 Å². The smallest absolute Gasteiger partial charge is 0.317 e. The van der Waals surface area contributed by atoms with Crippen LogP contribution < -0.4 is 15.5 Å². The van der Waals surface area contributed by atoms with Gasteiger partial charge in [-0.3, -0.25) is 5.10 Å². The molecule has 0 aliphatic heterocycles. The van der Waals surface area contributed by atoms with Crippen LogP contribution in [-0.2, 0) is 12.8 Å². The van der Waals surface area contributed by atoms with Crippen molar-refractivity contribution in [2.45, 2.75) is 88.3 Å². The highest BCUT2D eigenvalue weighted by atomic mass is 16.2. The van der Waals surface area contributed by atoms with Gasteiger partial charge >= 0.3 is 6.03 Å². The number of nitrogens with one attached hydrogen (secondary N) is 3. The topological polar surface area (TPSA) is 126 Å². The fraction of sp³-hybridized carbons (Fsp3) is 0.516. The van der Waals surface area contributed by atoms with E-state index in [1.54, 1.807) is 6.20 Å². The first kappa shape index (κ1) is 27.1. The van der Waals surface area contributed by atoms with Gasteiger partial charge in [-0.2, -0.15) is 15.3 Å². The molecule has 3 N–H and O–H groups in total. The number of nitrogens with zero attached hydrogens (tertiary/aromatic N) is 6. The fourth-order valence-electron chi connectivity index (χ4n) is 6.79. The molecule has 3 aromatic rings. The van der Waals surface area contributed by atoms with Gasteiger partial charge in [0, 0.05) is 56.1 Å². The van der Waals surface area contributed by atoms with Crippen LogP contribution in [0.2, 0.25) is 0 Å². The van der Waals surface area contributed by atoms with Crippen LogP contribution in [0.25, 0.3) is 0 Å². The number of fused-ring (bicyclic) bond motifs is 1. The summed E-state index contributed by atoms with van der Waals surface area (Å²) in [5.41, 5.74) is 4.27. The van der Waals surface area contributed by atoms with E-state index < -0.39 is 0 Å². The molecule has 1 aromatic carbocycles. The van der Waals surface area contributed by atoms with Gasteiger partial charge in [0.15, 0.2) is 5.82 Å². The monoisotopic (exact) mass is 553 g/mol. The number of rotatable bonds is 7. The molecule has 0 radical (unpaired) electrons. The van der Waals surface area contributed by atoms with E-state index in [0.717, 1.165) is 50.2 Å². The number of amides is 2. The van der Waals surface area contributed by atoms with E-state index >= 15 is 0 Å². The number of anilines is 3. The van der Waals surface area contributed by atoms with Gasteiger partial charge in [-0.25, -0.2) is 9.78 Å². The van der Waals surface area contributed by atoms with Gasteiger partial charge in [-0.05, 0) is 80.7 Å². The molecule has 3 aliphatic rings. The van der Waals surface area contributed by atoms with Gasteiger partial charge in [-0.1, -0.05) is 18.9 Å². The summed E-state index contributed by atoms with van der Waals surface area (Å²) in [5.74, 6) is 2.80. The van der Waals surface area contributed by atoms with Crippen molar-refractivity contribution in [3.63, 3.8) is 0 Å². The van der Waals surface area contributed by atoms with Crippen LogP contribution in [0.5, 0.6) is 0 Å². The molecule has 1 atom stereocenters. The summed E-state index contributed by atoms with van der Waals surface area (Å²) >= 11 is 0. The van der Waals surface area contributed by atoms with E-state index in [4.69, 9.17) is 4.98 Å². The standard InChI is InChI=1S/C31H39N9O/c1-39(30-33-14-13-28(36-30)35-29-18-27(37-38-29)21-5-3-4-6-21)25-9-11-26(12-10-25)40(2)31(41)34-24-16-22-8-7-20(19-32)15-23(22)17-24/h7-8,13-15,18,21,24-26H,3-6,9-12,16-17H2,1-2H3,(H,34,41)(H2,33,35,36,37,38)/t24?,25-,26-. The minimum absolute atomic E-state index is 0.0170. The first-order valence-corrected chi connectivity index (χ1v) is 14.9. The molecule has 41 heavy (non-hydrogen) atoms. The van der Waals surface area contributed by atoms with Gasteiger partial charge in [0.1, 0.15) is 5.82 Å². The summed E-state index contributed by atoms with van der Waals surface area (Å²) in [5, 5.41) is 23.4. The van der Waals surface area contributed by atoms with Crippen LogP contribution in [0, 0.1) is 11.3 Å². The van der Waals surface area contributed by atoms with Gasteiger partial charge in [0.05, 0.1) is 11.6 Å². The van der Waals surface area contributed by atoms with E-state index in [0.29, 0.717) is 23.5 Å². The number of aromatic nitrogens is 4. The van der Waals surface area contributed by atoms with E-state index in [1.165, 1.54) is 42.5 Å². The molecule has 0 bridgehead atoms. The minimum Gasteiger partial charge on any atom is -0.341 e. The van der Waals surface area contributed by atoms with Crippen molar-refractivity contribution >= 4 is 23.6 Å². The highest BCUT2D eigenvalue weighted by Gasteiger charge is 2.31. The van der Waals surface area contributed by atoms with Crippen molar-refractivity contribution in [3.05, 3.63) is 58.9 Å². The highest BCUT2D eigenvalue weighted by Crippen LogP contribution is 2.34. The zero-order valence-electron chi connectivity index (χ0n) is 23.9. The predicted molar refractivity (Wildman–Crippen MR) is 158 cm³/mol. The number of hydrogen-bond donors (Lipinski definition) is 3. The quantitative estimate of drug-likeness (QED) is 0.375.